The van der Waals surface area contributed by atoms with Crippen LogP contribution < -0.4 is 5.73 Å². The average Bonchev–Trinajstić information content (AvgIpc) is 2.82. The number of thioether (sulfide) groups is 1. The number of anilines is 1. The molecule has 0 amide bonds. The zero-order valence-electron chi connectivity index (χ0n) is 11.5. The van der Waals surface area contributed by atoms with Crippen molar-refractivity contribution in [3.05, 3.63) is 23.8 Å². The molecule has 0 aliphatic heterocycles. The monoisotopic (exact) mass is 286 g/mol. The molecule has 0 saturated heterocycles. The summed E-state index contributed by atoms with van der Waals surface area (Å²) in [5.74, 6) is 0.572. The molecule has 104 valence electrons. The second-order valence-electron chi connectivity index (χ2n) is 5.32. The van der Waals surface area contributed by atoms with Gasteiger partial charge in [0.2, 0.25) is 5.95 Å². The zero-order chi connectivity index (χ0) is 14.1. The van der Waals surface area contributed by atoms with Crippen molar-refractivity contribution in [3.63, 3.8) is 0 Å². The van der Waals surface area contributed by atoms with Gasteiger partial charge in [0.15, 0.2) is 0 Å². The quantitative estimate of drug-likeness (QED) is 0.919. The van der Waals surface area contributed by atoms with Gasteiger partial charge in [-0.25, -0.2) is 4.98 Å². The van der Waals surface area contributed by atoms with Crippen LogP contribution in [0.15, 0.2) is 18.2 Å². The van der Waals surface area contributed by atoms with Crippen LogP contribution in [0.4, 0.5) is 5.95 Å². The van der Waals surface area contributed by atoms with E-state index in [0.29, 0.717) is 17.6 Å². The fourth-order valence-electron chi connectivity index (χ4n) is 3.10. The number of imidazole rings is 1. The number of nitrogen functional groups attached to an aromatic ring is 1. The Hall–Kier alpha value is -1.67. The summed E-state index contributed by atoms with van der Waals surface area (Å²) in [6, 6.07) is 8.18. The molecule has 1 heterocycles. The van der Waals surface area contributed by atoms with Gasteiger partial charge >= 0.3 is 0 Å². The summed E-state index contributed by atoms with van der Waals surface area (Å²) >= 11 is 1.96. The lowest BCUT2D eigenvalue weighted by molar-refractivity contribution is 0.370. The highest BCUT2D eigenvalue weighted by molar-refractivity contribution is 7.99. The molecule has 0 radical (unpaired) electrons. The van der Waals surface area contributed by atoms with Crippen molar-refractivity contribution in [2.45, 2.75) is 37.0 Å². The number of nitrogens with two attached hydrogens (primary N) is 1. The second kappa shape index (κ2) is 5.37. The Labute approximate surface area is 123 Å². The Bertz CT molecular complexity index is 662. The summed E-state index contributed by atoms with van der Waals surface area (Å²) in [4.78, 5) is 4.43. The van der Waals surface area contributed by atoms with E-state index in [4.69, 9.17) is 11.0 Å². The van der Waals surface area contributed by atoms with E-state index in [1.807, 2.05) is 23.9 Å². The Kier molecular flexibility index (Phi) is 3.58. The molecule has 20 heavy (non-hydrogen) atoms. The molecule has 2 N–H and O–H groups in total. The smallest absolute Gasteiger partial charge is 0.201 e. The first kappa shape index (κ1) is 13.3. The molecule has 5 heteroatoms. The van der Waals surface area contributed by atoms with Gasteiger partial charge < -0.3 is 10.3 Å². The van der Waals surface area contributed by atoms with Crippen molar-refractivity contribution in [3.8, 4) is 6.07 Å². The van der Waals surface area contributed by atoms with Crippen LogP contribution in [-0.2, 0) is 0 Å². The van der Waals surface area contributed by atoms with E-state index in [-0.39, 0.29) is 0 Å². The first-order valence-corrected chi connectivity index (χ1v) is 8.22. The maximum absolute atomic E-state index is 9.06. The largest absolute Gasteiger partial charge is 0.369 e. The molecular formula is C15H18N4S. The molecule has 1 aromatic carbocycles. The fraction of sp³-hybridized carbons (Fsp3) is 0.467. The lowest BCUT2D eigenvalue weighted by Crippen LogP contribution is -2.20. The Morgan fingerprint density at radius 1 is 1.35 bits per heavy atom. The lowest BCUT2D eigenvalue weighted by atomic mass is 9.94. The maximum atomic E-state index is 9.06. The van der Waals surface area contributed by atoms with Crippen molar-refractivity contribution in [2.24, 2.45) is 0 Å². The molecule has 1 saturated carbocycles. The number of hydrogen-bond donors (Lipinski definition) is 1. The van der Waals surface area contributed by atoms with Gasteiger partial charge in [-0.1, -0.05) is 0 Å². The van der Waals surface area contributed by atoms with Crippen molar-refractivity contribution >= 4 is 28.7 Å². The third-order valence-corrected chi connectivity index (χ3v) is 5.33. The third-order valence-electron chi connectivity index (χ3n) is 4.19. The molecule has 1 aromatic heterocycles. The maximum Gasteiger partial charge on any atom is 0.201 e. The van der Waals surface area contributed by atoms with Crippen molar-refractivity contribution in [1.82, 2.24) is 9.55 Å². The summed E-state index contributed by atoms with van der Waals surface area (Å²) in [6.07, 6.45) is 6.91. The molecule has 4 nitrogen and oxygen atoms in total. The Morgan fingerprint density at radius 2 is 2.10 bits per heavy atom. The number of hydrogen-bond acceptors (Lipinski definition) is 4. The Balaban J connectivity index is 1.98. The van der Waals surface area contributed by atoms with Gasteiger partial charge in [-0.3, -0.25) is 0 Å². The van der Waals surface area contributed by atoms with Gasteiger partial charge in [0.05, 0.1) is 22.7 Å². The van der Waals surface area contributed by atoms with Crippen LogP contribution in [0.25, 0.3) is 11.0 Å². The van der Waals surface area contributed by atoms with E-state index in [1.54, 1.807) is 6.07 Å². The van der Waals surface area contributed by atoms with Gasteiger partial charge in [-0.05, 0) is 50.1 Å². The van der Waals surface area contributed by atoms with Gasteiger partial charge in [0, 0.05) is 11.3 Å². The van der Waals surface area contributed by atoms with E-state index < -0.39 is 0 Å². The van der Waals surface area contributed by atoms with Crippen LogP contribution in [0.3, 0.4) is 0 Å². The molecule has 1 aliphatic rings. The second-order valence-corrected chi connectivity index (χ2v) is 6.46. The van der Waals surface area contributed by atoms with Crippen molar-refractivity contribution < 1.29 is 0 Å². The van der Waals surface area contributed by atoms with Crippen LogP contribution in [0.2, 0.25) is 0 Å². The van der Waals surface area contributed by atoms with Crippen LogP contribution in [0.1, 0.15) is 37.3 Å². The summed E-state index contributed by atoms with van der Waals surface area (Å²) in [5.41, 5.74) is 8.65. The highest BCUT2D eigenvalue weighted by atomic mass is 32.2. The van der Waals surface area contributed by atoms with Gasteiger partial charge in [-0.15, -0.1) is 0 Å². The minimum Gasteiger partial charge on any atom is -0.369 e. The standard InChI is InChI=1S/C15H18N4S/c1-20-12-5-3-11(4-6-12)19-14-8-10(9-16)2-7-13(14)18-15(19)17/h2,7-8,11-12H,3-6H2,1H3,(H2,17,18). The van der Waals surface area contributed by atoms with Crippen LogP contribution in [-0.4, -0.2) is 21.1 Å². The van der Waals surface area contributed by atoms with E-state index in [0.717, 1.165) is 29.1 Å². The summed E-state index contributed by atoms with van der Waals surface area (Å²) < 4.78 is 2.13. The van der Waals surface area contributed by atoms with Crippen LogP contribution in [0.5, 0.6) is 0 Å². The molecule has 0 spiro atoms. The third kappa shape index (κ3) is 2.25. The lowest BCUT2D eigenvalue weighted by Gasteiger charge is -2.29. The van der Waals surface area contributed by atoms with E-state index >= 15 is 0 Å². The molecule has 0 atom stereocenters. The fourth-order valence-corrected chi connectivity index (χ4v) is 3.85. The predicted octanol–water partition coefficient (Wildman–Crippen LogP) is 3.34. The average molecular weight is 286 g/mol. The first-order valence-electron chi connectivity index (χ1n) is 6.93. The number of rotatable bonds is 2. The number of fused-ring (bicyclic) bond motifs is 1. The van der Waals surface area contributed by atoms with Crippen molar-refractivity contribution in [2.75, 3.05) is 12.0 Å². The normalized spacial score (nSPS) is 22.8. The molecule has 3 rings (SSSR count). The van der Waals surface area contributed by atoms with Crippen LogP contribution in [0, 0.1) is 11.3 Å². The SMILES string of the molecule is CSC1CCC(n2c(N)nc3ccc(C#N)cc32)CC1. The van der Waals surface area contributed by atoms with Gasteiger partial charge in [0.1, 0.15) is 0 Å². The Morgan fingerprint density at radius 3 is 2.75 bits per heavy atom. The summed E-state index contributed by atoms with van der Waals surface area (Å²) in [5, 5.41) is 9.83. The van der Waals surface area contributed by atoms with Crippen molar-refractivity contribution in [1.29, 1.82) is 5.26 Å². The molecule has 0 bridgehead atoms. The van der Waals surface area contributed by atoms with E-state index in [2.05, 4.69) is 21.9 Å². The van der Waals surface area contributed by atoms with Gasteiger partial charge in [0.25, 0.3) is 0 Å². The highest BCUT2D eigenvalue weighted by Crippen LogP contribution is 2.36. The zero-order valence-corrected chi connectivity index (χ0v) is 12.4. The number of nitrogens with zero attached hydrogens (tertiary/aromatic N) is 3. The first-order chi connectivity index (χ1) is 9.72. The van der Waals surface area contributed by atoms with Gasteiger partial charge in [-0.2, -0.15) is 17.0 Å². The molecular weight excluding hydrogens is 268 g/mol. The van der Waals surface area contributed by atoms with E-state index in [1.165, 1.54) is 12.8 Å². The molecule has 1 fully saturated rings. The summed E-state index contributed by atoms with van der Waals surface area (Å²) in [7, 11) is 0. The minimum atomic E-state index is 0.414. The molecule has 2 aromatic rings. The topological polar surface area (TPSA) is 67.6 Å². The number of nitriles is 1. The van der Waals surface area contributed by atoms with Crippen LogP contribution >= 0.6 is 11.8 Å². The number of benzene rings is 1. The van der Waals surface area contributed by atoms with E-state index in [9.17, 15) is 0 Å². The summed E-state index contributed by atoms with van der Waals surface area (Å²) in [6.45, 7) is 0. The molecule has 1 aliphatic carbocycles. The number of aromatic nitrogens is 2. The minimum absolute atomic E-state index is 0.414. The predicted molar refractivity (Wildman–Crippen MR) is 83.7 cm³/mol. The molecule has 0 unspecified atom stereocenters. The highest BCUT2D eigenvalue weighted by Gasteiger charge is 2.24.